The number of carbonyl (C=O) groups excluding carboxylic acids is 1. The Kier molecular flexibility index (Phi) is 2.73. The molecular weight excluding hydrogens is 244 g/mol. The lowest BCUT2D eigenvalue weighted by Crippen LogP contribution is -2.47. The lowest BCUT2D eigenvalue weighted by Gasteiger charge is -2.22. The molecule has 0 spiro atoms. The number of carbonyl (C=O) groups is 1. The summed E-state index contributed by atoms with van der Waals surface area (Å²) in [4.78, 5) is 11.8. The van der Waals surface area contributed by atoms with Gasteiger partial charge in [0.25, 0.3) is 5.91 Å². The number of aryl methyl sites for hydroxylation is 1. The molecule has 94 valence electrons. The van der Waals surface area contributed by atoms with E-state index in [4.69, 9.17) is 4.52 Å². The second-order valence-electron chi connectivity index (χ2n) is 4.68. The molecular formula is C10H14N2O4S. The van der Waals surface area contributed by atoms with E-state index in [9.17, 15) is 13.2 Å². The van der Waals surface area contributed by atoms with Crippen LogP contribution in [0.1, 0.15) is 29.6 Å². The van der Waals surface area contributed by atoms with Gasteiger partial charge in [0.1, 0.15) is 5.76 Å². The van der Waals surface area contributed by atoms with Gasteiger partial charge in [-0.15, -0.1) is 0 Å². The summed E-state index contributed by atoms with van der Waals surface area (Å²) in [6.45, 7) is 3.41. The Morgan fingerprint density at radius 1 is 1.59 bits per heavy atom. The number of aromatic nitrogens is 1. The van der Waals surface area contributed by atoms with Crippen LogP contribution in [-0.2, 0) is 9.84 Å². The Hall–Kier alpha value is -1.37. The van der Waals surface area contributed by atoms with Crippen molar-refractivity contribution >= 4 is 15.7 Å². The van der Waals surface area contributed by atoms with E-state index in [0.717, 1.165) is 0 Å². The molecule has 1 fully saturated rings. The summed E-state index contributed by atoms with van der Waals surface area (Å²) in [5.41, 5.74) is -0.531. The van der Waals surface area contributed by atoms with Crippen LogP contribution in [0.3, 0.4) is 0 Å². The normalized spacial score (nSPS) is 26.9. The van der Waals surface area contributed by atoms with E-state index in [-0.39, 0.29) is 17.2 Å². The molecule has 2 rings (SSSR count). The largest absolute Gasteiger partial charge is 0.361 e. The molecule has 0 aliphatic carbocycles. The predicted octanol–water partition coefficient (Wildman–Crippen LogP) is 0.290. The lowest BCUT2D eigenvalue weighted by molar-refractivity contribution is 0.0906. The Bertz CT molecular complexity index is 548. The minimum atomic E-state index is -3.04. The number of sulfone groups is 1. The van der Waals surface area contributed by atoms with Gasteiger partial charge in [-0.1, -0.05) is 5.16 Å². The molecule has 1 N–H and O–H groups in total. The van der Waals surface area contributed by atoms with Crippen LogP contribution in [0, 0.1) is 6.92 Å². The molecule has 1 unspecified atom stereocenters. The van der Waals surface area contributed by atoms with Crippen molar-refractivity contribution in [3.8, 4) is 0 Å². The van der Waals surface area contributed by atoms with E-state index >= 15 is 0 Å². The van der Waals surface area contributed by atoms with Crippen LogP contribution in [-0.4, -0.2) is 36.5 Å². The van der Waals surface area contributed by atoms with Crippen LogP contribution in [0.5, 0.6) is 0 Å². The molecule has 1 aliphatic rings. The third kappa shape index (κ3) is 2.66. The van der Waals surface area contributed by atoms with Crippen LogP contribution < -0.4 is 5.32 Å². The van der Waals surface area contributed by atoms with Crippen molar-refractivity contribution in [1.82, 2.24) is 10.5 Å². The number of hydrogen-bond acceptors (Lipinski definition) is 5. The maximum absolute atomic E-state index is 11.8. The first-order valence-corrected chi connectivity index (χ1v) is 7.08. The van der Waals surface area contributed by atoms with E-state index in [0.29, 0.717) is 12.2 Å². The zero-order valence-corrected chi connectivity index (χ0v) is 10.5. The summed E-state index contributed by atoms with van der Waals surface area (Å²) < 4.78 is 27.6. The predicted molar refractivity (Wildman–Crippen MR) is 60.4 cm³/mol. The van der Waals surface area contributed by atoms with Crippen LogP contribution in [0.4, 0.5) is 0 Å². The van der Waals surface area contributed by atoms with Crippen LogP contribution >= 0.6 is 0 Å². The van der Waals surface area contributed by atoms with Crippen molar-refractivity contribution in [3.05, 3.63) is 17.5 Å². The van der Waals surface area contributed by atoms with Crippen LogP contribution in [0.25, 0.3) is 0 Å². The molecule has 1 saturated heterocycles. The van der Waals surface area contributed by atoms with Crippen LogP contribution in [0.2, 0.25) is 0 Å². The molecule has 1 aliphatic heterocycles. The molecule has 6 nitrogen and oxygen atoms in total. The third-order valence-electron chi connectivity index (χ3n) is 2.78. The van der Waals surface area contributed by atoms with Crippen molar-refractivity contribution in [3.63, 3.8) is 0 Å². The van der Waals surface area contributed by atoms with Crippen molar-refractivity contribution in [2.45, 2.75) is 25.8 Å². The topological polar surface area (TPSA) is 89.3 Å². The molecule has 2 heterocycles. The highest BCUT2D eigenvalue weighted by Crippen LogP contribution is 2.23. The molecule has 1 amide bonds. The molecule has 1 atom stereocenters. The maximum atomic E-state index is 11.8. The second kappa shape index (κ2) is 3.83. The van der Waals surface area contributed by atoms with Crippen molar-refractivity contribution < 1.29 is 17.7 Å². The van der Waals surface area contributed by atoms with E-state index in [2.05, 4.69) is 10.5 Å². The molecule has 0 radical (unpaired) electrons. The molecule has 0 bridgehead atoms. The summed E-state index contributed by atoms with van der Waals surface area (Å²) in [6, 6.07) is 1.52. The fraction of sp³-hybridized carbons (Fsp3) is 0.600. The maximum Gasteiger partial charge on any atom is 0.273 e. The monoisotopic (exact) mass is 258 g/mol. The van der Waals surface area contributed by atoms with Gasteiger partial charge in [0.15, 0.2) is 15.5 Å². The molecule has 17 heavy (non-hydrogen) atoms. The van der Waals surface area contributed by atoms with Crippen molar-refractivity contribution in [2.24, 2.45) is 0 Å². The standard InChI is InChI=1S/C10H14N2O4S/c1-7-5-8(12-16-7)9(13)11-10(2)3-4-17(14,15)6-10/h5H,3-4,6H2,1-2H3,(H,11,13). The Labute approximate surface area is 99.3 Å². The summed E-state index contributed by atoms with van der Waals surface area (Å²) in [5, 5.41) is 6.29. The van der Waals surface area contributed by atoms with E-state index in [1.165, 1.54) is 6.07 Å². The minimum absolute atomic E-state index is 0.0252. The van der Waals surface area contributed by atoms with Gasteiger partial charge in [0.05, 0.1) is 17.0 Å². The van der Waals surface area contributed by atoms with Gasteiger partial charge >= 0.3 is 0 Å². The van der Waals surface area contributed by atoms with Gasteiger partial charge in [-0.3, -0.25) is 4.79 Å². The van der Waals surface area contributed by atoms with E-state index in [1.807, 2.05) is 0 Å². The number of nitrogens with one attached hydrogen (secondary N) is 1. The molecule has 0 saturated carbocycles. The molecule has 0 aromatic carbocycles. The van der Waals surface area contributed by atoms with Gasteiger partial charge in [-0.25, -0.2) is 8.42 Å². The third-order valence-corrected chi connectivity index (χ3v) is 4.68. The summed E-state index contributed by atoms with van der Waals surface area (Å²) in [6.07, 6.45) is 0.428. The molecule has 1 aromatic rings. The van der Waals surface area contributed by atoms with Gasteiger partial charge in [0, 0.05) is 6.07 Å². The fourth-order valence-corrected chi connectivity index (χ4v) is 4.01. The van der Waals surface area contributed by atoms with E-state index < -0.39 is 21.3 Å². The number of hydrogen-bond donors (Lipinski definition) is 1. The highest BCUT2D eigenvalue weighted by molar-refractivity contribution is 7.91. The zero-order chi connectivity index (χ0) is 12.7. The first-order chi connectivity index (χ1) is 7.80. The summed E-state index contributed by atoms with van der Waals surface area (Å²) in [7, 11) is -3.04. The Morgan fingerprint density at radius 2 is 2.29 bits per heavy atom. The SMILES string of the molecule is Cc1cc(C(=O)NC2(C)CCS(=O)(=O)C2)no1. The second-order valence-corrected chi connectivity index (χ2v) is 6.86. The van der Waals surface area contributed by atoms with E-state index in [1.54, 1.807) is 13.8 Å². The Morgan fingerprint density at radius 3 is 2.76 bits per heavy atom. The number of amides is 1. The summed E-state index contributed by atoms with van der Waals surface area (Å²) in [5.74, 6) is 0.227. The highest BCUT2D eigenvalue weighted by atomic mass is 32.2. The number of nitrogens with zero attached hydrogens (tertiary/aromatic N) is 1. The van der Waals surface area contributed by atoms with Gasteiger partial charge in [0.2, 0.25) is 0 Å². The minimum Gasteiger partial charge on any atom is -0.361 e. The Balaban J connectivity index is 2.10. The summed E-state index contributed by atoms with van der Waals surface area (Å²) >= 11 is 0. The zero-order valence-electron chi connectivity index (χ0n) is 9.69. The lowest BCUT2D eigenvalue weighted by atomic mass is 10.0. The van der Waals surface area contributed by atoms with Gasteiger partial charge in [-0.2, -0.15) is 0 Å². The highest BCUT2D eigenvalue weighted by Gasteiger charge is 2.39. The smallest absolute Gasteiger partial charge is 0.273 e. The van der Waals surface area contributed by atoms with Gasteiger partial charge in [-0.05, 0) is 20.3 Å². The average molecular weight is 258 g/mol. The first-order valence-electron chi connectivity index (χ1n) is 5.26. The first kappa shape index (κ1) is 12.1. The quantitative estimate of drug-likeness (QED) is 0.823. The molecule has 7 heteroatoms. The van der Waals surface area contributed by atoms with Crippen molar-refractivity contribution in [2.75, 3.05) is 11.5 Å². The molecule has 1 aromatic heterocycles. The average Bonchev–Trinajstić information content (AvgIpc) is 2.71. The van der Waals surface area contributed by atoms with Crippen molar-refractivity contribution in [1.29, 1.82) is 0 Å². The van der Waals surface area contributed by atoms with Gasteiger partial charge < -0.3 is 9.84 Å². The number of rotatable bonds is 2. The van der Waals surface area contributed by atoms with Crippen LogP contribution in [0.15, 0.2) is 10.6 Å². The fourth-order valence-electron chi connectivity index (χ4n) is 1.92.